The molecule has 2 atom stereocenters. The minimum atomic E-state index is 0.389. The Morgan fingerprint density at radius 3 is 3.21 bits per heavy atom. The number of hydrogen-bond acceptors (Lipinski definition) is 5. The van der Waals surface area contributed by atoms with E-state index >= 15 is 0 Å². The fourth-order valence-corrected chi connectivity index (χ4v) is 3.50. The highest BCUT2D eigenvalue weighted by Gasteiger charge is 2.27. The summed E-state index contributed by atoms with van der Waals surface area (Å²) < 4.78 is 8.51. The molecule has 2 aromatic rings. The molecule has 102 valence electrons. The van der Waals surface area contributed by atoms with Gasteiger partial charge < -0.3 is 20.4 Å². The Morgan fingerprint density at radius 2 is 2.42 bits per heavy atom. The summed E-state index contributed by atoms with van der Waals surface area (Å²) in [5, 5.41) is 4.43. The number of nitrogens with zero attached hydrogens (tertiary/aromatic N) is 3. The van der Waals surface area contributed by atoms with E-state index in [0.717, 1.165) is 34.2 Å². The van der Waals surface area contributed by atoms with Gasteiger partial charge in [-0.15, -0.1) is 0 Å². The first-order chi connectivity index (χ1) is 9.20. The monoisotopic (exact) mass is 373 g/mol. The van der Waals surface area contributed by atoms with Crippen LogP contribution in [0, 0.1) is 3.57 Å². The Labute approximate surface area is 124 Å². The van der Waals surface area contributed by atoms with Gasteiger partial charge in [-0.25, -0.2) is 9.97 Å². The third-order valence-corrected chi connectivity index (χ3v) is 4.37. The lowest BCUT2D eigenvalue weighted by molar-refractivity contribution is 0.172. The van der Waals surface area contributed by atoms with Crippen LogP contribution in [0.1, 0.15) is 12.5 Å². The number of fused-ring (bicyclic) bond motifs is 1. The molecule has 0 aliphatic carbocycles. The van der Waals surface area contributed by atoms with E-state index in [1.165, 1.54) is 6.33 Å². The van der Waals surface area contributed by atoms with Crippen LogP contribution < -0.4 is 11.1 Å². The summed E-state index contributed by atoms with van der Waals surface area (Å²) in [6, 6.07) is 0.796. The van der Waals surface area contributed by atoms with Gasteiger partial charge >= 0.3 is 0 Å². The number of nitrogens with one attached hydrogen (secondary N) is 1. The summed E-state index contributed by atoms with van der Waals surface area (Å²) in [5.41, 5.74) is 6.86. The van der Waals surface area contributed by atoms with Gasteiger partial charge in [-0.2, -0.15) is 0 Å². The van der Waals surface area contributed by atoms with Gasteiger partial charge in [-0.3, -0.25) is 0 Å². The number of hydrogen-bond donors (Lipinski definition) is 2. The van der Waals surface area contributed by atoms with Crippen molar-refractivity contribution in [2.75, 3.05) is 26.0 Å². The molecule has 1 unspecified atom stereocenters. The lowest BCUT2D eigenvalue weighted by atomic mass is 10.2. The second-order valence-corrected chi connectivity index (χ2v) is 5.95. The molecule has 1 aliphatic heterocycles. The van der Waals surface area contributed by atoms with Gasteiger partial charge in [0.25, 0.3) is 0 Å². The van der Waals surface area contributed by atoms with Crippen LogP contribution in [0.3, 0.4) is 0 Å². The normalized spacial score (nSPS) is 23.3. The van der Waals surface area contributed by atoms with E-state index in [1.54, 1.807) is 7.11 Å². The van der Waals surface area contributed by atoms with Crippen molar-refractivity contribution in [3.05, 3.63) is 16.1 Å². The summed E-state index contributed by atoms with van der Waals surface area (Å²) in [6.07, 6.45) is 4.68. The molecule has 0 radical (unpaired) electrons. The molecule has 3 N–H and O–H groups in total. The van der Waals surface area contributed by atoms with E-state index in [0.29, 0.717) is 17.9 Å². The summed E-state index contributed by atoms with van der Waals surface area (Å²) >= 11 is 2.29. The first-order valence-corrected chi connectivity index (χ1v) is 7.27. The standard InChI is InChI=1S/C12H16IN5O/c1-19-5-7-2-8(3-15-7)18-4-9(13)10-11(14)16-6-17-12(10)18/h4,6-8,15H,2-3,5H2,1H3,(H2,14,16,17)/t7-,8?/m1/s1. The quantitative estimate of drug-likeness (QED) is 0.790. The maximum absolute atomic E-state index is 5.94. The van der Waals surface area contributed by atoms with Gasteiger partial charge in [-0.05, 0) is 29.0 Å². The molecule has 7 heteroatoms. The van der Waals surface area contributed by atoms with Gasteiger partial charge in [0.2, 0.25) is 0 Å². The van der Waals surface area contributed by atoms with Crippen molar-refractivity contribution in [1.29, 1.82) is 0 Å². The zero-order valence-corrected chi connectivity index (χ0v) is 12.8. The van der Waals surface area contributed by atoms with E-state index in [4.69, 9.17) is 10.5 Å². The van der Waals surface area contributed by atoms with Crippen LogP contribution in [0.2, 0.25) is 0 Å². The minimum Gasteiger partial charge on any atom is -0.383 e. The van der Waals surface area contributed by atoms with Crippen molar-refractivity contribution in [3.63, 3.8) is 0 Å². The maximum atomic E-state index is 5.94. The average Bonchev–Trinajstić information content (AvgIpc) is 2.96. The number of halogens is 1. The third-order valence-electron chi connectivity index (χ3n) is 3.55. The fourth-order valence-electron chi connectivity index (χ4n) is 2.68. The molecule has 1 fully saturated rings. The molecule has 19 heavy (non-hydrogen) atoms. The number of anilines is 1. The van der Waals surface area contributed by atoms with Crippen molar-refractivity contribution >= 4 is 39.4 Å². The van der Waals surface area contributed by atoms with Gasteiger partial charge in [0.1, 0.15) is 17.8 Å². The van der Waals surface area contributed by atoms with Gasteiger partial charge in [0.15, 0.2) is 0 Å². The summed E-state index contributed by atoms with van der Waals surface area (Å²) in [7, 11) is 1.73. The first kappa shape index (κ1) is 13.1. The van der Waals surface area contributed by atoms with Crippen LogP contribution in [0.5, 0.6) is 0 Å². The van der Waals surface area contributed by atoms with E-state index in [-0.39, 0.29) is 0 Å². The molecular formula is C12H16IN5O. The zero-order valence-electron chi connectivity index (χ0n) is 10.6. The predicted molar refractivity (Wildman–Crippen MR) is 82.0 cm³/mol. The van der Waals surface area contributed by atoms with Crippen molar-refractivity contribution in [2.45, 2.75) is 18.5 Å². The van der Waals surface area contributed by atoms with Crippen LogP contribution in [0.15, 0.2) is 12.5 Å². The molecule has 0 amide bonds. The Bertz CT molecular complexity index is 599. The Hall–Kier alpha value is -0.930. The molecule has 3 rings (SSSR count). The Kier molecular flexibility index (Phi) is 3.59. The molecule has 3 heterocycles. The first-order valence-electron chi connectivity index (χ1n) is 6.19. The lowest BCUT2D eigenvalue weighted by Gasteiger charge is -2.12. The molecule has 1 aliphatic rings. The highest BCUT2D eigenvalue weighted by Crippen LogP contribution is 2.30. The van der Waals surface area contributed by atoms with Crippen molar-refractivity contribution < 1.29 is 4.74 Å². The summed E-state index contributed by atoms with van der Waals surface area (Å²) in [5.74, 6) is 0.549. The van der Waals surface area contributed by atoms with E-state index in [1.807, 2.05) is 0 Å². The molecule has 6 nitrogen and oxygen atoms in total. The summed E-state index contributed by atoms with van der Waals surface area (Å²) in [6.45, 7) is 1.67. The lowest BCUT2D eigenvalue weighted by Crippen LogP contribution is -2.25. The highest BCUT2D eigenvalue weighted by atomic mass is 127. The smallest absolute Gasteiger partial charge is 0.146 e. The largest absolute Gasteiger partial charge is 0.383 e. The van der Waals surface area contributed by atoms with Gasteiger partial charge in [-0.1, -0.05) is 0 Å². The number of nitrogen functional groups attached to an aromatic ring is 1. The molecule has 0 aromatic carbocycles. The number of rotatable bonds is 3. The van der Waals surface area contributed by atoms with Crippen molar-refractivity contribution in [3.8, 4) is 0 Å². The second-order valence-electron chi connectivity index (χ2n) is 4.79. The number of methoxy groups -OCH3 is 1. The van der Waals surface area contributed by atoms with Crippen LogP contribution in [0.25, 0.3) is 11.0 Å². The van der Waals surface area contributed by atoms with Crippen LogP contribution >= 0.6 is 22.6 Å². The van der Waals surface area contributed by atoms with E-state index in [9.17, 15) is 0 Å². The SMILES string of the molecule is COC[C@H]1CC(n2cc(I)c3c(N)ncnc32)CN1. The van der Waals surface area contributed by atoms with Crippen LogP contribution in [-0.2, 0) is 4.74 Å². The van der Waals surface area contributed by atoms with Crippen molar-refractivity contribution in [1.82, 2.24) is 19.9 Å². The van der Waals surface area contributed by atoms with Gasteiger partial charge in [0, 0.05) is 35.5 Å². The fraction of sp³-hybridized carbons (Fsp3) is 0.500. The van der Waals surface area contributed by atoms with Crippen LogP contribution in [-0.4, -0.2) is 40.8 Å². The average molecular weight is 373 g/mol. The minimum absolute atomic E-state index is 0.389. The van der Waals surface area contributed by atoms with E-state index in [2.05, 4.69) is 48.6 Å². The number of nitrogens with two attached hydrogens (primary N) is 1. The molecule has 0 spiro atoms. The molecular weight excluding hydrogens is 357 g/mol. The molecule has 0 bridgehead atoms. The van der Waals surface area contributed by atoms with Gasteiger partial charge in [0.05, 0.1) is 12.0 Å². The molecule has 0 saturated carbocycles. The maximum Gasteiger partial charge on any atom is 0.146 e. The highest BCUT2D eigenvalue weighted by molar-refractivity contribution is 14.1. The molecule has 2 aromatic heterocycles. The zero-order chi connectivity index (χ0) is 13.4. The number of ether oxygens (including phenoxy) is 1. The third kappa shape index (κ3) is 2.30. The summed E-state index contributed by atoms with van der Waals surface area (Å²) in [4.78, 5) is 8.45. The predicted octanol–water partition coefficient (Wildman–Crippen LogP) is 1.17. The number of aromatic nitrogens is 3. The van der Waals surface area contributed by atoms with Crippen LogP contribution in [0.4, 0.5) is 5.82 Å². The second kappa shape index (κ2) is 5.22. The topological polar surface area (TPSA) is 78.0 Å². The Balaban J connectivity index is 1.96. The van der Waals surface area contributed by atoms with E-state index < -0.39 is 0 Å². The van der Waals surface area contributed by atoms with Crippen molar-refractivity contribution in [2.24, 2.45) is 0 Å². The Morgan fingerprint density at radius 1 is 1.58 bits per heavy atom. The molecule has 1 saturated heterocycles.